The summed E-state index contributed by atoms with van der Waals surface area (Å²) < 4.78 is 10.2. The van der Waals surface area contributed by atoms with Gasteiger partial charge in [0.15, 0.2) is 0 Å². The van der Waals surface area contributed by atoms with E-state index in [-0.39, 0.29) is 0 Å². The summed E-state index contributed by atoms with van der Waals surface area (Å²) >= 11 is 0. The fraction of sp³-hybridized carbons (Fsp3) is 0.250. The lowest BCUT2D eigenvalue weighted by Crippen LogP contribution is -1.86. The molecule has 0 spiro atoms. The van der Waals surface area contributed by atoms with Crippen molar-refractivity contribution in [2.75, 3.05) is 7.11 Å². The SMILES string of the molecule is COc1cccc(-c2noc(CCC#N)n2)c1. The maximum atomic E-state index is 8.46. The number of methoxy groups -OCH3 is 1. The lowest BCUT2D eigenvalue weighted by atomic mass is 10.2. The van der Waals surface area contributed by atoms with E-state index >= 15 is 0 Å². The average Bonchev–Trinajstić information content (AvgIpc) is 2.85. The molecule has 0 atom stereocenters. The topological polar surface area (TPSA) is 71.9 Å². The molecule has 2 rings (SSSR count). The first-order chi connectivity index (χ1) is 8.33. The highest BCUT2D eigenvalue weighted by atomic mass is 16.5. The molecule has 1 heterocycles. The number of hydrogen-bond donors (Lipinski definition) is 0. The van der Waals surface area contributed by atoms with Gasteiger partial charge in [0.1, 0.15) is 5.75 Å². The number of nitriles is 1. The van der Waals surface area contributed by atoms with Crippen molar-refractivity contribution in [3.05, 3.63) is 30.2 Å². The van der Waals surface area contributed by atoms with Crippen LogP contribution in [0, 0.1) is 11.3 Å². The Bertz CT molecular complexity index is 543. The molecule has 0 aliphatic heterocycles. The number of aryl methyl sites for hydroxylation is 1. The minimum atomic E-state index is 0.375. The minimum Gasteiger partial charge on any atom is -0.497 e. The van der Waals surface area contributed by atoms with Gasteiger partial charge >= 0.3 is 0 Å². The van der Waals surface area contributed by atoms with Crippen LogP contribution in [0.3, 0.4) is 0 Å². The predicted octanol–water partition coefficient (Wildman–Crippen LogP) is 2.20. The third-order valence-corrected chi connectivity index (χ3v) is 2.25. The number of ether oxygens (including phenoxy) is 1. The third-order valence-electron chi connectivity index (χ3n) is 2.25. The lowest BCUT2D eigenvalue weighted by Gasteiger charge is -1.99. The molecule has 0 fully saturated rings. The van der Waals surface area contributed by atoms with E-state index in [1.165, 1.54) is 0 Å². The van der Waals surface area contributed by atoms with E-state index in [9.17, 15) is 0 Å². The fourth-order valence-corrected chi connectivity index (χ4v) is 1.40. The molecule has 17 heavy (non-hydrogen) atoms. The fourth-order valence-electron chi connectivity index (χ4n) is 1.40. The van der Waals surface area contributed by atoms with Crippen molar-refractivity contribution in [1.29, 1.82) is 5.26 Å². The van der Waals surface area contributed by atoms with E-state index in [1.54, 1.807) is 7.11 Å². The molecule has 0 radical (unpaired) electrons. The molecular weight excluding hydrogens is 218 g/mol. The molecule has 0 amide bonds. The van der Waals surface area contributed by atoms with E-state index in [0.29, 0.717) is 24.6 Å². The van der Waals surface area contributed by atoms with Crippen LogP contribution in [0.4, 0.5) is 0 Å². The van der Waals surface area contributed by atoms with Crippen LogP contribution in [-0.4, -0.2) is 17.3 Å². The molecule has 0 aliphatic carbocycles. The number of aromatic nitrogens is 2. The van der Waals surface area contributed by atoms with Crippen LogP contribution < -0.4 is 4.74 Å². The van der Waals surface area contributed by atoms with Crippen LogP contribution in [0.1, 0.15) is 12.3 Å². The molecule has 5 heteroatoms. The van der Waals surface area contributed by atoms with Crippen LogP contribution in [0.15, 0.2) is 28.8 Å². The van der Waals surface area contributed by atoms with Gasteiger partial charge in [-0.3, -0.25) is 0 Å². The molecule has 0 saturated heterocycles. The molecule has 0 unspecified atom stereocenters. The van der Waals surface area contributed by atoms with Gasteiger partial charge in [-0.15, -0.1) is 0 Å². The number of hydrogen-bond acceptors (Lipinski definition) is 5. The van der Waals surface area contributed by atoms with Crippen LogP contribution in [-0.2, 0) is 6.42 Å². The second-order valence-corrected chi connectivity index (χ2v) is 3.40. The van der Waals surface area contributed by atoms with Gasteiger partial charge in [0.05, 0.1) is 13.2 Å². The third kappa shape index (κ3) is 2.61. The van der Waals surface area contributed by atoms with Crippen LogP contribution in [0.2, 0.25) is 0 Å². The highest BCUT2D eigenvalue weighted by molar-refractivity contribution is 5.56. The largest absolute Gasteiger partial charge is 0.497 e. The van der Waals surface area contributed by atoms with Crippen molar-refractivity contribution < 1.29 is 9.26 Å². The minimum absolute atomic E-state index is 0.375. The lowest BCUT2D eigenvalue weighted by molar-refractivity contribution is 0.380. The molecule has 2 aromatic rings. The summed E-state index contributed by atoms with van der Waals surface area (Å²) in [5, 5.41) is 12.3. The Labute approximate surface area is 98.6 Å². The van der Waals surface area contributed by atoms with Gasteiger partial charge < -0.3 is 9.26 Å². The summed E-state index contributed by atoms with van der Waals surface area (Å²) in [5.41, 5.74) is 0.830. The highest BCUT2D eigenvalue weighted by Crippen LogP contribution is 2.21. The Balaban J connectivity index is 2.21. The van der Waals surface area contributed by atoms with Gasteiger partial charge in [-0.05, 0) is 12.1 Å². The van der Waals surface area contributed by atoms with E-state index in [0.717, 1.165) is 11.3 Å². The monoisotopic (exact) mass is 229 g/mol. The van der Waals surface area contributed by atoms with Gasteiger partial charge in [-0.1, -0.05) is 17.3 Å². The van der Waals surface area contributed by atoms with Crippen molar-refractivity contribution in [3.8, 4) is 23.2 Å². The van der Waals surface area contributed by atoms with Crippen LogP contribution in [0.25, 0.3) is 11.4 Å². The van der Waals surface area contributed by atoms with Gasteiger partial charge in [0.25, 0.3) is 0 Å². The van der Waals surface area contributed by atoms with E-state index in [2.05, 4.69) is 10.1 Å². The first-order valence-electron chi connectivity index (χ1n) is 5.17. The second-order valence-electron chi connectivity index (χ2n) is 3.40. The van der Waals surface area contributed by atoms with E-state index in [4.69, 9.17) is 14.5 Å². The van der Waals surface area contributed by atoms with Crippen molar-refractivity contribution >= 4 is 0 Å². The summed E-state index contributed by atoms with van der Waals surface area (Å²) in [5.74, 6) is 1.73. The van der Waals surface area contributed by atoms with Crippen molar-refractivity contribution in [2.45, 2.75) is 12.8 Å². The average molecular weight is 229 g/mol. The van der Waals surface area contributed by atoms with Gasteiger partial charge in [-0.25, -0.2) is 0 Å². The number of rotatable bonds is 4. The Morgan fingerprint density at radius 3 is 3.12 bits per heavy atom. The molecule has 86 valence electrons. The van der Waals surface area contributed by atoms with Gasteiger partial charge in [0, 0.05) is 18.4 Å². The molecule has 0 N–H and O–H groups in total. The molecule has 5 nitrogen and oxygen atoms in total. The van der Waals surface area contributed by atoms with E-state index < -0.39 is 0 Å². The molecule has 1 aromatic carbocycles. The second kappa shape index (κ2) is 5.12. The zero-order valence-electron chi connectivity index (χ0n) is 9.38. The normalized spacial score (nSPS) is 9.88. The van der Waals surface area contributed by atoms with Crippen molar-refractivity contribution in [1.82, 2.24) is 10.1 Å². The summed E-state index contributed by atoms with van der Waals surface area (Å²) in [4.78, 5) is 4.21. The van der Waals surface area contributed by atoms with E-state index in [1.807, 2.05) is 30.3 Å². The Kier molecular flexibility index (Phi) is 3.36. The van der Waals surface area contributed by atoms with Crippen molar-refractivity contribution in [3.63, 3.8) is 0 Å². The number of nitrogens with zero attached hydrogens (tertiary/aromatic N) is 3. The molecular formula is C12H11N3O2. The number of benzene rings is 1. The first-order valence-corrected chi connectivity index (χ1v) is 5.17. The summed E-state index contributed by atoms with van der Waals surface area (Å²) in [6, 6.07) is 9.45. The Morgan fingerprint density at radius 1 is 1.47 bits per heavy atom. The standard InChI is InChI=1S/C12H11N3O2/c1-16-10-5-2-4-9(8-10)12-14-11(17-15-12)6-3-7-13/h2,4-5,8H,3,6H2,1H3. The zero-order chi connectivity index (χ0) is 12.1. The maximum Gasteiger partial charge on any atom is 0.227 e. The highest BCUT2D eigenvalue weighted by Gasteiger charge is 2.08. The summed E-state index contributed by atoms with van der Waals surface area (Å²) in [6.07, 6.45) is 0.854. The zero-order valence-corrected chi connectivity index (χ0v) is 9.38. The Morgan fingerprint density at radius 2 is 2.35 bits per heavy atom. The smallest absolute Gasteiger partial charge is 0.227 e. The van der Waals surface area contributed by atoms with Gasteiger partial charge in [0.2, 0.25) is 11.7 Å². The Hall–Kier alpha value is -2.35. The predicted molar refractivity (Wildman–Crippen MR) is 60.2 cm³/mol. The van der Waals surface area contributed by atoms with Crippen LogP contribution >= 0.6 is 0 Å². The quantitative estimate of drug-likeness (QED) is 0.803. The molecule has 0 bridgehead atoms. The maximum absolute atomic E-state index is 8.46. The van der Waals surface area contributed by atoms with Crippen molar-refractivity contribution in [2.24, 2.45) is 0 Å². The van der Waals surface area contributed by atoms with Gasteiger partial charge in [-0.2, -0.15) is 10.2 Å². The molecule has 1 aromatic heterocycles. The molecule has 0 aliphatic rings. The summed E-state index contributed by atoms with van der Waals surface area (Å²) in [7, 11) is 1.60. The molecule has 0 saturated carbocycles. The summed E-state index contributed by atoms with van der Waals surface area (Å²) in [6.45, 7) is 0. The van der Waals surface area contributed by atoms with Crippen LogP contribution in [0.5, 0.6) is 5.75 Å². The first kappa shape index (κ1) is 11.1.